The highest BCUT2D eigenvalue weighted by molar-refractivity contribution is 5.87. The van der Waals surface area contributed by atoms with Gasteiger partial charge in [-0.1, -0.05) is 98.3 Å². The first-order valence-corrected chi connectivity index (χ1v) is 12.3. The summed E-state index contributed by atoms with van der Waals surface area (Å²) >= 11 is 0. The molecule has 0 amide bonds. The lowest BCUT2D eigenvalue weighted by Gasteiger charge is -2.50. The van der Waals surface area contributed by atoms with E-state index >= 15 is 0 Å². The highest BCUT2D eigenvalue weighted by atomic mass is 16.4. The third-order valence-corrected chi connectivity index (χ3v) is 7.87. The Morgan fingerprint density at radius 1 is 0.690 bits per heavy atom. The molecule has 4 atom stereocenters. The van der Waals surface area contributed by atoms with Crippen LogP contribution in [0.15, 0.2) is 0 Å². The second-order valence-corrected chi connectivity index (χ2v) is 9.61. The molecule has 1 rings (SSSR count). The second kappa shape index (κ2) is 12.6. The van der Waals surface area contributed by atoms with Crippen LogP contribution in [0, 0.1) is 22.7 Å². The third kappa shape index (κ3) is 5.76. The molecular formula is C25H46O4. The first kappa shape index (κ1) is 26.0. The summed E-state index contributed by atoms with van der Waals surface area (Å²) in [6.07, 6.45) is 14.0. The molecule has 170 valence electrons. The van der Waals surface area contributed by atoms with E-state index in [0.29, 0.717) is 12.8 Å². The van der Waals surface area contributed by atoms with Gasteiger partial charge in [0.05, 0.1) is 10.8 Å². The minimum absolute atomic E-state index is 0.108. The number of carbonyl (C=O) groups is 2. The van der Waals surface area contributed by atoms with Crippen molar-refractivity contribution in [2.24, 2.45) is 22.7 Å². The highest BCUT2D eigenvalue weighted by Gasteiger charge is 2.65. The lowest BCUT2D eigenvalue weighted by Crippen LogP contribution is -2.58. The van der Waals surface area contributed by atoms with Crippen molar-refractivity contribution in [1.29, 1.82) is 0 Å². The smallest absolute Gasteiger partial charge is 0.311 e. The molecule has 0 heterocycles. The summed E-state index contributed by atoms with van der Waals surface area (Å²) in [5.41, 5.74) is -2.32. The Morgan fingerprint density at radius 2 is 1.03 bits per heavy atom. The van der Waals surface area contributed by atoms with E-state index in [4.69, 9.17) is 0 Å². The minimum Gasteiger partial charge on any atom is -0.481 e. The van der Waals surface area contributed by atoms with E-state index in [1.165, 1.54) is 0 Å². The predicted octanol–water partition coefficient (Wildman–Crippen LogP) is 7.31. The molecule has 0 aromatic carbocycles. The van der Waals surface area contributed by atoms with Crippen molar-refractivity contribution < 1.29 is 19.8 Å². The SMILES string of the molecule is CCCCCCCC1(C(=O)O)C(C)CCCC(C)C1(CCCCCCC)C(=O)O. The van der Waals surface area contributed by atoms with Crippen LogP contribution in [0.4, 0.5) is 0 Å². The molecule has 1 fully saturated rings. The summed E-state index contributed by atoms with van der Waals surface area (Å²) in [5, 5.41) is 21.1. The molecule has 1 aliphatic carbocycles. The zero-order valence-electron chi connectivity index (χ0n) is 19.5. The van der Waals surface area contributed by atoms with Gasteiger partial charge in [-0.15, -0.1) is 0 Å². The molecule has 0 spiro atoms. The van der Waals surface area contributed by atoms with Crippen LogP contribution >= 0.6 is 0 Å². The summed E-state index contributed by atoms with van der Waals surface area (Å²) in [7, 11) is 0. The summed E-state index contributed by atoms with van der Waals surface area (Å²) < 4.78 is 0. The predicted molar refractivity (Wildman–Crippen MR) is 119 cm³/mol. The molecule has 4 heteroatoms. The second-order valence-electron chi connectivity index (χ2n) is 9.61. The van der Waals surface area contributed by atoms with Gasteiger partial charge in [-0.3, -0.25) is 9.59 Å². The monoisotopic (exact) mass is 410 g/mol. The first-order valence-electron chi connectivity index (χ1n) is 12.3. The minimum atomic E-state index is -1.16. The van der Waals surface area contributed by atoms with E-state index in [1.807, 2.05) is 13.8 Å². The summed E-state index contributed by atoms with van der Waals surface area (Å²) in [5.74, 6) is -1.96. The van der Waals surface area contributed by atoms with Crippen molar-refractivity contribution in [3.8, 4) is 0 Å². The van der Waals surface area contributed by atoms with Gasteiger partial charge in [-0.25, -0.2) is 0 Å². The van der Waals surface area contributed by atoms with Crippen LogP contribution in [0.25, 0.3) is 0 Å². The number of hydrogen-bond donors (Lipinski definition) is 2. The first-order chi connectivity index (χ1) is 13.8. The van der Waals surface area contributed by atoms with Crippen LogP contribution in [-0.2, 0) is 9.59 Å². The zero-order valence-corrected chi connectivity index (χ0v) is 19.5. The molecule has 0 saturated heterocycles. The van der Waals surface area contributed by atoms with Crippen molar-refractivity contribution in [3.05, 3.63) is 0 Å². The Hall–Kier alpha value is -1.06. The molecular weight excluding hydrogens is 364 g/mol. The maximum absolute atomic E-state index is 12.9. The lowest BCUT2D eigenvalue weighted by atomic mass is 9.50. The van der Waals surface area contributed by atoms with Gasteiger partial charge < -0.3 is 10.2 Å². The standard InChI is InChI=1S/C25H46O4/c1-5-7-9-11-13-18-24(22(26)27)20(3)16-15-17-21(4)25(24,23(28)29)19-14-12-10-8-6-2/h20-21H,5-19H2,1-4H3,(H,26,27)(H,28,29). The largest absolute Gasteiger partial charge is 0.481 e. The fourth-order valence-corrected chi connectivity index (χ4v) is 6.07. The maximum atomic E-state index is 12.9. The van der Waals surface area contributed by atoms with Gasteiger partial charge in [0.25, 0.3) is 0 Å². The number of carboxylic acid groups (broad SMARTS) is 2. The molecule has 0 radical (unpaired) electrons. The Kier molecular flexibility index (Phi) is 11.3. The van der Waals surface area contributed by atoms with Gasteiger partial charge >= 0.3 is 11.9 Å². The quantitative estimate of drug-likeness (QED) is 0.232. The fourth-order valence-electron chi connectivity index (χ4n) is 6.07. The van der Waals surface area contributed by atoms with Gasteiger partial charge in [0.2, 0.25) is 0 Å². The van der Waals surface area contributed by atoms with Crippen molar-refractivity contribution in [2.75, 3.05) is 0 Å². The van der Waals surface area contributed by atoms with Crippen molar-refractivity contribution in [2.45, 2.75) is 124 Å². The molecule has 4 nitrogen and oxygen atoms in total. The van der Waals surface area contributed by atoms with E-state index in [9.17, 15) is 19.8 Å². The molecule has 1 saturated carbocycles. The number of unbranched alkanes of at least 4 members (excludes halogenated alkanes) is 8. The molecule has 1 aliphatic rings. The van der Waals surface area contributed by atoms with Crippen LogP contribution < -0.4 is 0 Å². The third-order valence-electron chi connectivity index (χ3n) is 7.87. The van der Waals surface area contributed by atoms with Crippen LogP contribution in [-0.4, -0.2) is 22.2 Å². The molecule has 0 bridgehead atoms. The molecule has 29 heavy (non-hydrogen) atoms. The maximum Gasteiger partial charge on any atom is 0.311 e. The summed E-state index contributed by atoms with van der Waals surface area (Å²) in [4.78, 5) is 25.8. The number of hydrogen-bond acceptors (Lipinski definition) is 2. The van der Waals surface area contributed by atoms with E-state index in [-0.39, 0.29) is 11.8 Å². The van der Waals surface area contributed by atoms with Gasteiger partial charge in [0.15, 0.2) is 0 Å². The summed E-state index contributed by atoms with van der Waals surface area (Å²) in [6, 6.07) is 0. The average Bonchev–Trinajstić information content (AvgIpc) is 2.77. The van der Waals surface area contributed by atoms with Gasteiger partial charge in [0, 0.05) is 0 Å². The molecule has 2 N–H and O–H groups in total. The Morgan fingerprint density at radius 3 is 1.34 bits per heavy atom. The lowest BCUT2D eigenvalue weighted by molar-refractivity contribution is -0.188. The van der Waals surface area contributed by atoms with Crippen LogP contribution in [0.5, 0.6) is 0 Å². The van der Waals surface area contributed by atoms with E-state index < -0.39 is 22.8 Å². The summed E-state index contributed by atoms with van der Waals surface area (Å²) in [6.45, 7) is 8.35. The zero-order chi connectivity index (χ0) is 21.9. The van der Waals surface area contributed by atoms with Gasteiger partial charge in [0.1, 0.15) is 0 Å². The normalized spacial score (nSPS) is 30.1. The Bertz CT molecular complexity index is 459. The van der Waals surface area contributed by atoms with Crippen LogP contribution in [0.1, 0.15) is 124 Å². The molecule has 4 unspecified atom stereocenters. The van der Waals surface area contributed by atoms with Crippen molar-refractivity contribution >= 4 is 11.9 Å². The Balaban J connectivity index is 3.26. The van der Waals surface area contributed by atoms with Crippen molar-refractivity contribution in [1.82, 2.24) is 0 Å². The number of carboxylic acids is 2. The Labute approximate surface area is 178 Å². The number of rotatable bonds is 14. The highest BCUT2D eigenvalue weighted by Crippen LogP contribution is 2.60. The van der Waals surface area contributed by atoms with E-state index in [2.05, 4.69) is 13.8 Å². The van der Waals surface area contributed by atoms with E-state index in [0.717, 1.165) is 83.5 Å². The van der Waals surface area contributed by atoms with Gasteiger partial charge in [-0.05, 0) is 37.5 Å². The number of aliphatic carboxylic acids is 2. The van der Waals surface area contributed by atoms with Crippen molar-refractivity contribution in [3.63, 3.8) is 0 Å². The van der Waals surface area contributed by atoms with Crippen LogP contribution in [0.3, 0.4) is 0 Å². The molecule has 0 aromatic heterocycles. The van der Waals surface area contributed by atoms with Crippen LogP contribution in [0.2, 0.25) is 0 Å². The molecule has 0 aliphatic heterocycles. The topological polar surface area (TPSA) is 74.6 Å². The van der Waals surface area contributed by atoms with E-state index in [1.54, 1.807) is 0 Å². The van der Waals surface area contributed by atoms with Gasteiger partial charge in [-0.2, -0.15) is 0 Å². The molecule has 0 aromatic rings. The fraction of sp³-hybridized carbons (Fsp3) is 0.920. The average molecular weight is 411 g/mol.